The standard InChI is InChI=1S/C63H123NO5/c1-3-5-7-9-11-13-15-17-19-21-22-24-27-31-35-39-43-47-51-55-61(66)60(59-65)64-62(67)56-52-48-44-40-36-32-28-25-23-26-30-34-38-42-46-50-54-58-69-63(68)57-53-49-45-41-37-33-29-20-18-16-14-12-10-8-6-4-2/h20,29,60-61,65-66H,3-19,21-28,30-59H2,1-2H3,(H,64,67)/b29-20-. The largest absolute Gasteiger partial charge is 0.466 e. The fourth-order valence-electron chi connectivity index (χ4n) is 9.99. The molecule has 0 heterocycles. The number of amides is 1. The van der Waals surface area contributed by atoms with Gasteiger partial charge >= 0.3 is 5.97 Å². The van der Waals surface area contributed by atoms with Crippen LogP contribution in [-0.2, 0) is 14.3 Å². The lowest BCUT2D eigenvalue weighted by Crippen LogP contribution is -2.45. The highest BCUT2D eigenvalue weighted by Gasteiger charge is 2.20. The van der Waals surface area contributed by atoms with E-state index in [1.807, 2.05) is 0 Å². The van der Waals surface area contributed by atoms with E-state index < -0.39 is 12.1 Å². The van der Waals surface area contributed by atoms with Gasteiger partial charge in [0.1, 0.15) is 0 Å². The number of carbonyl (C=O) groups excluding carboxylic acids is 2. The van der Waals surface area contributed by atoms with Gasteiger partial charge in [-0.25, -0.2) is 0 Å². The molecule has 0 aromatic carbocycles. The fourth-order valence-corrected chi connectivity index (χ4v) is 9.99. The SMILES string of the molecule is CCCCCCCCC/C=C\CCCCCCCC(=O)OCCCCCCCCCCCCCCCCCCCC(=O)NC(CO)C(O)CCCCCCCCCCCCCCCCCCCCC. The van der Waals surface area contributed by atoms with Crippen molar-refractivity contribution < 1.29 is 24.5 Å². The predicted octanol–water partition coefficient (Wildman–Crippen LogP) is 19.6. The molecule has 2 unspecified atom stereocenters. The van der Waals surface area contributed by atoms with Crippen LogP contribution in [0.4, 0.5) is 0 Å². The van der Waals surface area contributed by atoms with Gasteiger partial charge in [-0.1, -0.05) is 302 Å². The van der Waals surface area contributed by atoms with Crippen LogP contribution in [0.5, 0.6) is 0 Å². The Kier molecular flexibility index (Phi) is 58.0. The number of hydrogen-bond donors (Lipinski definition) is 3. The molecule has 0 aliphatic heterocycles. The van der Waals surface area contributed by atoms with E-state index >= 15 is 0 Å². The summed E-state index contributed by atoms with van der Waals surface area (Å²) in [6.07, 6.45) is 70.7. The molecular weight excluding hydrogens is 851 g/mol. The van der Waals surface area contributed by atoms with Crippen molar-refractivity contribution in [3.8, 4) is 0 Å². The van der Waals surface area contributed by atoms with E-state index in [4.69, 9.17) is 4.74 Å². The number of allylic oxidation sites excluding steroid dienone is 2. The van der Waals surface area contributed by atoms with E-state index in [2.05, 4.69) is 31.3 Å². The summed E-state index contributed by atoms with van der Waals surface area (Å²) < 4.78 is 5.48. The zero-order valence-electron chi connectivity index (χ0n) is 46.8. The number of hydrogen-bond acceptors (Lipinski definition) is 5. The van der Waals surface area contributed by atoms with E-state index in [9.17, 15) is 19.8 Å². The number of nitrogens with one attached hydrogen (secondary N) is 1. The summed E-state index contributed by atoms with van der Waals surface area (Å²) in [6, 6.07) is -0.546. The number of rotatable bonds is 59. The lowest BCUT2D eigenvalue weighted by atomic mass is 10.0. The van der Waals surface area contributed by atoms with Gasteiger partial charge in [-0.05, 0) is 51.4 Å². The fraction of sp³-hybridized carbons (Fsp3) is 0.937. The molecule has 0 rings (SSSR count). The van der Waals surface area contributed by atoms with Crippen LogP contribution in [0.15, 0.2) is 12.2 Å². The first-order valence-electron chi connectivity index (χ1n) is 31.4. The van der Waals surface area contributed by atoms with Crippen LogP contribution in [-0.4, -0.2) is 47.4 Å². The Morgan fingerprint density at radius 1 is 0.391 bits per heavy atom. The lowest BCUT2D eigenvalue weighted by Gasteiger charge is -2.22. The Labute approximate surface area is 431 Å². The van der Waals surface area contributed by atoms with Crippen LogP contribution in [0.3, 0.4) is 0 Å². The van der Waals surface area contributed by atoms with Crippen molar-refractivity contribution in [3.63, 3.8) is 0 Å². The second-order valence-corrected chi connectivity index (χ2v) is 21.7. The Balaban J connectivity index is 3.41. The highest BCUT2D eigenvalue weighted by atomic mass is 16.5. The Morgan fingerprint density at radius 2 is 0.681 bits per heavy atom. The Hall–Kier alpha value is -1.40. The molecule has 3 N–H and O–H groups in total. The summed E-state index contributed by atoms with van der Waals surface area (Å²) in [5.41, 5.74) is 0. The quantitative estimate of drug-likeness (QED) is 0.0321. The lowest BCUT2D eigenvalue weighted by molar-refractivity contribution is -0.143. The van der Waals surface area contributed by atoms with Gasteiger partial charge < -0.3 is 20.3 Å². The first-order chi connectivity index (χ1) is 34.0. The first kappa shape index (κ1) is 67.6. The predicted molar refractivity (Wildman–Crippen MR) is 301 cm³/mol. The van der Waals surface area contributed by atoms with Gasteiger partial charge in [0.15, 0.2) is 0 Å². The van der Waals surface area contributed by atoms with Gasteiger partial charge in [-0.2, -0.15) is 0 Å². The van der Waals surface area contributed by atoms with Crippen molar-refractivity contribution in [2.75, 3.05) is 13.2 Å². The van der Waals surface area contributed by atoms with Gasteiger partial charge in [0, 0.05) is 12.8 Å². The number of unbranched alkanes of at least 4 members (excludes halogenated alkanes) is 46. The summed E-state index contributed by atoms with van der Waals surface area (Å²) in [6.45, 7) is 4.97. The molecule has 0 fully saturated rings. The van der Waals surface area contributed by atoms with Crippen LogP contribution in [0.1, 0.15) is 354 Å². The summed E-state index contributed by atoms with van der Waals surface area (Å²) in [4.78, 5) is 24.6. The summed E-state index contributed by atoms with van der Waals surface area (Å²) in [5.74, 6) is -0.0377. The van der Waals surface area contributed by atoms with Crippen LogP contribution >= 0.6 is 0 Å². The molecule has 0 saturated heterocycles. The van der Waals surface area contributed by atoms with E-state index in [-0.39, 0.29) is 18.5 Å². The minimum atomic E-state index is -0.668. The number of carbonyl (C=O) groups is 2. The second kappa shape index (κ2) is 59.2. The molecule has 0 radical (unpaired) electrons. The molecule has 0 aromatic rings. The maximum Gasteiger partial charge on any atom is 0.305 e. The van der Waals surface area contributed by atoms with Crippen LogP contribution < -0.4 is 5.32 Å². The molecule has 410 valence electrons. The van der Waals surface area contributed by atoms with Gasteiger partial charge in [0.2, 0.25) is 5.91 Å². The average molecular weight is 975 g/mol. The van der Waals surface area contributed by atoms with E-state index in [1.54, 1.807) is 0 Å². The van der Waals surface area contributed by atoms with Crippen LogP contribution in [0.2, 0.25) is 0 Å². The number of aliphatic hydroxyl groups excluding tert-OH is 2. The summed E-state index contributed by atoms with van der Waals surface area (Å²) in [5, 5.41) is 23.4. The van der Waals surface area contributed by atoms with Crippen molar-refractivity contribution in [1.82, 2.24) is 5.32 Å². The Morgan fingerprint density at radius 3 is 1.03 bits per heavy atom. The van der Waals surface area contributed by atoms with Gasteiger partial charge in [0.25, 0.3) is 0 Å². The normalized spacial score (nSPS) is 12.6. The molecular formula is C63H123NO5. The van der Waals surface area contributed by atoms with Crippen LogP contribution in [0, 0.1) is 0 Å². The molecule has 6 nitrogen and oxygen atoms in total. The molecule has 0 spiro atoms. The highest BCUT2D eigenvalue weighted by molar-refractivity contribution is 5.76. The molecule has 1 amide bonds. The molecule has 6 heteroatoms. The summed E-state index contributed by atoms with van der Waals surface area (Å²) >= 11 is 0. The average Bonchev–Trinajstić information content (AvgIpc) is 3.35. The van der Waals surface area contributed by atoms with Crippen molar-refractivity contribution in [3.05, 3.63) is 12.2 Å². The minimum Gasteiger partial charge on any atom is -0.466 e. The zero-order chi connectivity index (χ0) is 50.0. The maximum absolute atomic E-state index is 12.5. The smallest absolute Gasteiger partial charge is 0.305 e. The van der Waals surface area contributed by atoms with Crippen LogP contribution in [0.25, 0.3) is 0 Å². The maximum atomic E-state index is 12.5. The van der Waals surface area contributed by atoms with Crippen molar-refractivity contribution in [2.45, 2.75) is 366 Å². The molecule has 69 heavy (non-hydrogen) atoms. The van der Waals surface area contributed by atoms with E-state index in [0.29, 0.717) is 25.9 Å². The molecule has 0 bridgehead atoms. The molecule has 2 atom stereocenters. The summed E-state index contributed by atoms with van der Waals surface area (Å²) in [7, 11) is 0. The van der Waals surface area contributed by atoms with Crippen molar-refractivity contribution in [1.29, 1.82) is 0 Å². The van der Waals surface area contributed by atoms with E-state index in [0.717, 1.165) is 44.9 Å². The number of ether oxygens (including phenoxy) is 1. The second-order valence-electron chi connectivity index (χ2n) is 21.7. The van der Waals surface area contributed by atoms with Gasteiger partial charge in [0.05, 0.1) is 25.4 Å². The highest BCUT2D eigenvalue weighted by Crippen LogP contribution is 2.18. The minimum absolute atomic E-state index is 0.000927. The zero-order valence-corrected chi connectivity index (χ0v) is 46.8. The molecule has 0 aliphatic carbocycles. The first-order valence-corrected chi connectivity index (χ1v) is 31.4. The monoisotopic (exact) mass is 974 g/mol. The van der Waals surface area contributed by atoms with Crippen molar-refractivity contribution in [2.24, 2.45) is 0 Å². The van der Waals surface area contributed by atoms with Gasteiger partial charge in [-0.3, -0.25) is 9.59 Å². The number of aliphatic hydroxyl groups is 2. The third-order valence-electron chi connectivity index (χ3n) is 14.8. The Bertz CT molecular complexity index is 1030. The number of esters is 1. The topological polar surface area (TPSA) is 95.9 Å². The van der Waals surface area contributed by atoms with E-state index in [1.165, 1.54) is 276 Å². The molecule has 0 aliphatic rings. The third-order valence-corrected chi connectivity index (χ3v) is 14.8. The van der Waals surface area contributed by atoms with Gasteiger partial charge in [-0.15, -0.1) is 0 Å². The molecule has 0 aromatic heterocycles. The third kappa shape index (κ3) is 55.8. The van der Waals surface area contributed by atoms with Crippen molar-refractivity contribution >= 4 is 11.9 Å². The molecule has 0 saturated carbocycles.